The second-order valence-electron chi connectivity index (χ2n) is 4.57. The van der Waals surface area contributed by atoms with Gasteiger partial charge in [0, 0.05) is 19.6 Å². The molecule has 0 aliphatic heterocycles. The van der Waals surface area contributed by atoms with Crippen molar-refractivity contribution in [1.82, 2.24) is 14.1 Å². The van der Waals surface area contributed by atoms with Crippen LogP contribution in [0.15, 0.2) is 17.3 Å². The molecule has 7 heteroatoms. The quantitative estimate of drug-likeness (QED) is 0.839. The van der Waals surface area contributed by atoms with E-state index >= 15 is 0 Å². The highest BCUT2D eigenvalue weighted by Crippen LogP contribution is 2.28. The van der Waals surface area contributed by atoms with Crippen LogP contribution in [-0.4, -0.2) is 46.8 Å². The Hall–Kier alpha value is -0.920. The van der Waals surface area contributed by atoms with E-state index in [-0.39, 0.29) is 24.2 Å². The van der Waals surface area contributed by atoms with Crippen LogP contribution in [0.25, 0.3) is 0 Å². The third-order valence-electron chi connectivity index (χ3n) is 3.40. The van der Waals surface area contributed by atoms with Crippen molar-refractivity contribution in [3.63, 3.8) is 0 Å². The topological polar surface area (TPSA) is 75.4 Å². The molecule has 1 aromatic heterocycles. The van der Waals surface area contributed by atoms with Gasteiger partial charge in [-0.1, -0.05) is 12.8 Å². The van der Waals surface area contributed by atoms with Gasteiger partial charge >= 0.3 is 0 Å². The van der Waals surface area contributed by atoms with Crippen LogP contribution < -0.4 is 0 Å². The number of hydrogen-bond donors (Lipinski definition) is 1. The summed E-state index contributed by atoms with van der Waals surface area (Å²) in [4.78, 5) is 0. The second-order valence-corrected chi connectivity index (χ2v) is 6.41. The van der Waals surface area contributed by atoms with Gasteiger partial charge in [0.1, 0.15) is 0 Å². The van der Waals surface area contributed by atoms with Crippen LogP contribution in [0.2, 0.25) is 0 Å². The van der Waals surface area contributed by atoms with Crippen molar-refractivity contribution in [3.8, 4) is 0 Å². The molecule has 0 bridgehead atoms. The smallest absolute Gasteiger partial charge is 0.260 e. The molecule has 6 nitrogen and oxygen atoms in total. The van der Waals surface area contributed by atoms with E-state index in [1.54, 1.807) is 7.05 Å². The van der Waals surface area contributed by atoms with E-state index in [9.17, 15) is 8.42 Å². The average Bonchev–Trinajstić information content (AvgIpc) is 2.96. The Kier molecular flexibility index (Phi) is 4.04. The van der Waals surface area contributed by atoms with Gasteiger partial charge in [0.25, 0.3) is 10.0 Å². The summed E-state index contributed by atoms with van der Waals surface area (Å²) in [5.41, 5.74) is 0. The van der Waals surface area contributed by atoms with Crippen molar-refractivity contribution in [2.75, 3.05) is 13.2 Å². The molecule has 1 aliphatic rings. The third kappa shape index (κ3) is 2.43. The first kappa shape index (κ1) is 13.5. The second kappa shape index (κ2) is 5.38. The number of aliphatic hydroxyl groups excluding tert-OH is 1. The lowest BCUT2D eigenvalue weighted by Gasteiger charge is -2.27. The van der Waals surface area contributed by atoms with Gasteiger partial charge in [0.2, 0.25) is 0 Å². The minimum atomic E-state index is -3.56. The molecule has 0 atom stereocenters. The number of aryl methyl sites for hydroxylation is 1. The maximum atomic E-state index is 12.5. The van der Waals surface area contributed by atoms with Gasteiger partial charge in [-0.3, -0.25) is 4.68 Å². The fourth-order valence-corrected chi connectivity index (χ4v) is 4.30. The molecule has 2 rings (SSSR count). The number of sulfonamides is 1. The fourth-order valence-electron chi connectivity index (χ4n) is 2.52. The van der Waals surface area contributed by atoms with Crippen molar-refractivity contribution in [2.24, 2.45) is 7.05 Å². The monoisotopic (exact) mass is 273 g/mol. The fraction of sp³-hybridized carbons (Fsp3) is 0.727. The molecule has 1 aliphatic carbocycles. The average molecular weight is 273 g/mol. The van der Waals surface area contributed by atoms with Crippen molar-refractivity contribution in [1.29, 1.82) is 0 Å². The minimum Gasteiger partial charge on any atom is -0.395 e. The number of aromatic nitrogens is 2. The Labute approximate surface area is 107 Å². The van der Waals surface area contributed by atoms with Crippen LogP contribution in [0.4, 0.5) is 0 Å². The van der Waals surface area contributed by atoms with E-state index in [1.807, 2.05) is 0 Å². The van der Waals surface area contributed by atoms with Gasteiger partial charge in [0.15, 0.2) is 5.03 Å². The highest BCUT2D eigenvalue weighted by Gasteiger charge is 2.34. The highest BCUT2D eigenvalue weighted by molar-refractivity contribution is 7.89. The standard InChI is InChI=1S/C11H19N3O3S/c1-13-11(6-7-12-13)18(16,17)14(8-9-15)10-4-2-3-5-10/h6-7,10,15H,2-5,8-9H2,1H3. The molecular weight excluding hydrogens is 254 g/mol. The minimum absolute atomic E-state index is 0.0112. The molecular formula is C11H19N3O3S. The largest absolute Gasteiger partial charge is 0.395 e. The van der Waals surface area contributed by atoms with Crippen molar-refractivity contribution < 1.29 is 13.5 Å². The number of rotatable bonds is 5. The molecule has 1 fully saturated rings. The summed E-state index contributed by atoms with van der Waals surface area (Å²) < 4.78 is 27.9. The molecule has 0 radical (unpaired) electrons. The molecule has 0 aromatic carbocycles. The highest BCUT2D eigenvalue weighted by atomic mass is 32.2. The van der Waals surface area contributed by atoms with E-state index in [0.29, 0.717) is 0 Å². The Morgan fingerprint density at radius 1 is 1.50 bits per heavy atom. The van der Waals surface area contributed by atoms with Gasteiger partial charge in [-0.25, -0.2) is 8.42 Å². The van der Waals surface area contributed by atoms with Crippen molar-refractivity contribution >= 4 is 10.0 Å². The predicted octanol–water partition coefficient (Wildman–Crippen LogP) is 0.346. The summed E-state index contributed by atoms with van der Waals surface area (Å²) >= 11 is 0. The summed E-state index contributed by atoms with van der Waals surface area (Å²) in [6, 6.07) is 1.51. The zero-order chi connectivity index (χ0) is 13.2. The summed E-state index contributed by atoms with van der Waals surface area (Å²) in [7, 11) is -1.95. The molecule has 0 saturated heterocycles. The summed E-state index contributed by atoms with van der Waals surface area (Å²) in [5, 5.41) is 13.2. The van der Waals surface area contributed by atoms with E-state index in [0.717, 1.165) is 25.7 Å². The van der Waals surface area contributed by atoms with Gasteiger partial charge in [-0.15, -0.1) is 0 Å². The Balaban J connectivity index is 2.32. The van der Waals surface area contributed by atoms with Crippen LogP contribution in [0, 0.1) is 0 Å². The van der Waals surface area contributed by atoms with Crippen LogP contribution in [-0.2, 0) is 17.1 Å². The SMILES string of the molecule is Cn1nccc1S(=O)(=O)N(CCO)C1CCCC1. The molecule has 0 spiro atoms. The van der Waals surface area contributed by atoms with Gasteiger partial charge < -0.3 is 5.11 Å². The van der Waals surface area contributed by atoms with E-state index in [4.69, 9.17) is 5.11 Å². The molecule has 1 heterocycles. The summed E-state index contributed by atoms with van der Waals surface area (Å²) in [5.74, 6) is 0. The molecule has 18 heavy (non-hydrogen) atoms. The first-order valence-corrected chi connectivity index (χ1v) is 7.62. The van der Waals surface area contributed by atoms with Crippen LogP contribution in [0.3, 0.4) is 0 Å². The molecule has 102 valence electrons. The normalized spacial score (nSPS) is 17.7. The maximum Gasteiger partial charge on any atom is 0.260 e. The van der Waals surface area contributed by atoms with E-state index in [1.165, 1.54) is 21.3 Å². The van der Waals surface area contributed by atoms with Crippen LogP contribution >= 0.6 is 0 Å². The summed E-state index contributed by atoms with van der Waals surface area (Å²) in [6.45, 7) is -0.00817. The molecule has 0 amide bonds. The van der Waals surface area contributed by atoms with Crippen LogP contribution in [0.5, 0.6) is 0 Å². The van der Waals surface area contributed by atoms with Gasteiger partial charge in [-0.2, -0.15) is 9.40 Å². The molecule has 1 N–H and O–H groups in total. The predicted molar refractivity (Wildman–Crippen MR) is 66.4 cm³/mol. The maximum absolute atomic E-state index is 12.5. The number of nitrogens with zero attached hydrogens (tertiary/aromatic N) is 3. The first-order valence-electron chi connectivity index (χ1n) is 6.18. The van der Waals surface area contributed by atoms with E-state index < -0.39 is 10.0 Å². The van der Waals surface area contributed by atoms with Crippen molar-refractivity contribution in [3.05, 3.63) is 12.3 Å². The molecule has 0 unspecified atom stereocenters. The third-order valence-corrected chi connectivity index (χ3v) is 5.43. The Morgan fingerprint density at radius 3 is 2.67 bits per heavy atom. The van der Waals surface area contributed by atoms with Crippen LogP contribution in [0.1, 0.15) is 25.7 Å². The van der Waals surface area contributed by atoms with E-state index in [2.05, 4.69) is 5.10 Å². The molecule has 1 saturated carbocycles. The van der Waals surface area contributed by atoms with Crippen molar-refractivity contribution in [2.45, 2.75) is 36.8 Å². The summed E-state index contributed by atoms with van der Waals surface area (Å²) in [6.07, 6.45) is 5.31. The van der Waals surface area contributed by atoms with Gasteiger partial charge in [0.05, 0.1) is 12.8 Å². The lowest BCUT2D eigenvalue weighted by molar-refractivity contribution is 0.225. The lowest BCUT2D eigenvalue weighted by atomic mass is 10.2. The Bertz CT molecular complexity index is 491. The first-order chi connectivity index (χ1) is 8.57. The number of aliphatic hydroxyl groups is 1. The lowest BCUT2D eigenvalue weighted by Crippen LogP contribution is -2.41. The zero-order valence-electron chi connectivity index (χ0n) is 10.5. The Morgan fingerprint density at radius 2 is 2.17 bits per heavy atom. The molecule has 1 aromatic rings. The zero-order valence-corrected chi connectivity index (χ0v) is 11.3. The van der Waals surface area contributed by atoms with Gasteiger partial charge in [-0.05, 0) is 18.9 Å². The number of hydrogen-bond acceptors (Lipinski definition) is 4.